The number of halogens is 1. The number of rotatable bonds is 6. The second-order valence-electron chi connectivity index (χ2n) is 8.25. The maximum Gasteiger partial charge on any atom is 0.257 e. The van der Waals surface area contributed by atoms with E-state index in [9.17, 15) is 9.59 Å². The first kappa shape index (κ1) is 22.9. The summed E-state index contributed by atoms with van der Waals surface area (Å²) in [4.78, 5) is 30.2. The van der Waals surface area contributed by atoms with Gasteiger partial charge in [-0.1, -0.05) is 29.3 Å². The van der Waals surface area contributed by atoms with Gasteiger partial charge in [0.15, 0.2) is 0 Å². The molecule has 1 saturated heterocycles. The topological polar surface area (TPSA) is 63.0 Å². The minimum absolute atomic E-state index is 0.0442. The van der Waals surface area contributed by atoms with E-state index < -0.39 is 0 Å². The van der Waals surface area contributed by atoms with Gasteiger partial charge in [-0.15, -0.1) is 0 Å². The van der Waals surface area contributed by atoms with Crippen LogP contribution in [0.3, 0.4) is 0 Å². The lowest BCUT2D eigenvalue weighted by atomic mass is 9.94. The number of hydrogen-bond acceptors (Lipinski definition) is 4. The van der Waals surface area contributed by atoms with Gasteiger partial charge in [-0.3, -0.25) is 9.59 Å². The Kier molecular flexibility index (Phi) is 7.04. The van der Waals surface area contributed by atoms with E-state index in [1.165, 1.54) is 7.11 Å². The van der Waals surface area contributed by atoms with Crippen LogP contribution >= 0.6 is 11.6 Å². The van der Waals surface area contributed by atoms with Gasteiger partial charge in [0, 0.05) is 29.7 Å². The fourth-order valence-electron chi connectivity index (χ4n) is 4.15. The fourth-order valence-corrected chi connectivity index (χ4v) is 4.32. The van der Waals surface area contributed by atoms with Crippen LogP contribution in [0.4, 0.5) is 5.69 Å². The van der Waals surface area contributed by atoms with Crippen molar-refractivity contribution in [3.8, 4) is 5.75 Å². The van der Waals surface area contributed by atoms with Crippen LogP contribution < -0.4 is 9.64 Å². The fraction of sp³-hybridized carbons (Fsp3) is 0.308. The third-order valence-corrected chi connectivity index (χ3v) is 6.26. The molecule has 0 spiro atoms. The molecule has 0 unspecified atom stereocenters. The van der Waals surface area contributed by atoms with Crippen LogP contribution in [0.1, 0.15) is 34.5 Å². The van der Waals surface area contributed by atoms with Gasteiger partial charge in [0.05, 0.1) is 25.5 Å². The first-order chi connectivity index (χ1) is 16.0. The number of likely N-dealkylation sites (tertiary alicyclic amines) is 1. The summed E-state index contributed by atoms with van der Waals surface area (Å²) in [7, 11) is 1.53. The molecule has 0 N–H and O–H groups in total. The average Bonchev–Trinajstić information content (AvgIpc) is 3.36. The highest BCUT2D eigenvalue weighted by Crippen LogP contribution is 2.29. The van der Waals surface area contributed by atoms with E-state index in [4.69, 9.17) is 20.8 Å². The number of benzene rings is 2. The highest BCUT2D eigenvalue weighted by molar-refractivity contribution is 6.31. The molecule has 1 aliphatic heterocycles. The first-order valence-electron chi connectivity index (χ1n) is 11.0. The number of anilines is 1. The van der Waals surface area contributed by atoms with Crippen LogP contribution in [-0.2, 0) is 11.3 Å². The number of aryl methyl sites for hydroxylation is 1. The molecule has 1 aromatic heterocycles. The van der Waals surface area contributed by atoms with E-state index in [-0.39, 0.29) is 17.7 Å². The number of piperidine rings is 1. The summed E-state index contributed by atoms with van der Waals surface area (Å²) in [6, 6.07) is 16.6. The van der Waals surface area contributed by atoms with Gasteiger partial charge in [-0.05, 0) is 62.2 Å². The molecule has 0 aliphatic carbocycles. The Bertz CT molecular complexity index is 1100. The minimum atomic E-state index is -0.174. The summed E-state index contributed by atoms with van der Waals surface area (Å²) in [5, 5.41) is 0.482. The van der Waals surface area contributed by atoms with Crippen LogP contribution in [0.15, 0.2) is 65.3 Å². The number of methoxy groups -OCH3 is 1. The molecule has 33 heavy (non-hydrogen) atoms. The molecule has 4 rings (SSSR count). The molecular weight excluding hydrogens is 440 g/mol. The predicted molar refractivity (Wildman–Crippen MR) is 128 cm³/mol. The van der Waals surface area contributed by atoms with Gasteiger partial charge in [0.1, 0.15) is 11.5 Å². The maximum atomic E-state index is 13.5. The lowest BCUT2D eigenvalue weighted by molar-refractivity contribution is -0.123. The number of hydrogen-bond donors (Lipinski definition) is 0. The van der Waals surface area contributed by atoms with Crippen molar-refractivity contribution in [3.05, 3.63) is 82.8 Å². The maximum absolute atomic E-state index is 13.5. The molecule has 0 bridgehead atoms. The van der Waals surface area contributed by atoms with Crippen molar-refractivity contribution in [2.24, 2.45) is 5.92 Å². The van der Waals surface area contributed by atoms with E-state index in [2.05, 4.69) is 0 Å². The molecule has 2 heterocycles. The minimum Gasteiger partial charge on any atom is -0.496 e. The number of ether oxygens (including phenoxy) is 1. The third kappa shape index (κ3) is 5.22. The Morgan fingerprint density at radius 1 is 1.12 bits per heavy atom. The van der Waals surface area contributed by atoms with Crippen molar-refractivity contribution in [1.82, 2.24) is 4.90 Å². The molecule has 172 valence electrons. The molecule has 3 aromatic rings. The van der Waals surface area contributed by atoms with Crippen molar-refractivity contribution in [1.29, 1.82) is 0 Å². The van der Waals surface area contributed by atoms with Crippen molar-refractivity contribution in [2.45, 2.75) is 26.3 Å². The van der Waals surface area contributed by atoms with Crippen molar-refractivity contribution >= 4 is 29.1 Å². The lowest BCUT2D eigenvalue weighted by Gasteiger charge is -2.34. The van der Waals surface area contributed by atoms with E-state index in [1.54, 1.807) is 34.3 Å². The Balaban J connectivity index is 1.47. The van der Waals surface area contributed by atoms with Gasteiger partial charge >= 0.3 is 0 Å². The lowest BCUT2D eigenvalue weighted by Crippen LogP contribution is -2.44. The molecular formula is C26H27ClN2O4. The average molecular weight is 467 g/mol. The zero-order valence-electron chi connectivity index (χ0n) is 18.8. The van der Waals surface area contributed by atoms with Crippen molar-refractivity contribution < 1.29 is 18.7 Å². The second-order valence-corrected chi connectivity index (χ2v) is 8.69. The first-order valence-corrected chi connectivity index (χ1v) is 11.4. The zero-order valence-corrected chi connectivity index (χ0v) is 19.5. The molecule has 0 saturated carbocycles. The standard InChI is InChI=1S/C26H27ClN2O4/c1-18-5-8-21(9-6-18)29(17-22-4-3-15-33-22)25(30)19-11-13-28(14-12-19)26(31)23-16-20(27)7-10-24(23)32-2/h3-10,15-16,19H,11-14,17H2,1-2H3. The normalized spacial score (nSPS) is 14.2. The van der Waals surface area contributed by atoms with Gasteiger partial charge in [-0.25, -0.2) is 0 Å². The van der Waals surface area contributed by atoms with Crippen molar-refractivity contribution in [2.75, 3.05) is 25.1 Å². The largest absolute Gasteiger partial charge is 0.496 e. The van der Waals surface area contributed by atoms with Gasteiger partial charge < -0.3 is 19.0 Å². The third-order valence-electron chi connectivity index (χ3n) is 6.03. The van der Waals surface area contributed by atoms with E-state index in [0.717, 1.165) is 17.0 Å². The molecule has 1 aliphatic rings. The Morgan fingerprint density at radius 3 is 2.48 bits per heavy atom. The monoisotopic (exact) mass is 466 g/mol. The highest BCUT2D eigenvalue weighted by atomic mass is 35.5. The summed E-state index contributed by atoms with van der Waals surface area (Å²) in [6.07, 6.45) is 2.79. The van der Waals surface area contributed by atoms with E-state index in [1.807, 2.05) is 43.3 Å². The molecule has 1 fully saturated rings. The highest BCUT2D eigenvalue weighted by Gasteiger charge is 2.32. The predicted octanol–water partition coefficient (Wildman–Crippen LogP) is 5.34. The number of nitrogens with zero attached hydrogens (tertiary/aromatic N) is 2. The molecule has 0 radical (unpaired) electrons. The summed E-state index contributed by atoms with van der Waals surface area (Å²) >= 11 is 6.10. The van der Waals surface area contributed by atoms with Crippen LogP contribution in [0.5, 0.6) is 5.75 Å². The number of furan rings is 1. The second kappa shape index (κ2) is 10.1. The van der Waals surface area contributed by atoms with Gasteiger partial charge in [0.25, 0.3) is 5.91 Å². The number of carbonyl (C=O) groups is 2. The van der Waals surface area contributed by atoms with Crippen LogP contribution in [0.25, 0.3) is 0 Å². The molecule has 0 atom stereocenters. The van der Waals surface area contributed by atoms with E-state index in [0.29, 0.717) is 48.8 Å². The molecule has 2 amide bonds. The van der Waals surface area contributed by atoms with E-state index >= 15 is 0 Å². The summed E-state index contributed by atoms with van der Waals surface area (Å²) in [5.41, 5.74) is 2.41. The smallest absolute Gasteiger partial charge is 0.257 e. The molecule has 6 nitrogen and oxygen atoms in total. The number of carbonyl (C=O) groups excluding carboxylic acids is 2. The number of amides is 2. The van der Waals surface area contributed by atoms with Crippen LogP contribution in [0, 0.1) is 12.8 Å². The molecule has 2 aromatic carbocycles. The summed E-state index contributed by atoms with van der Waals surface area (Å²) < 4.78 is 10.8. The van der Waals surface area contributed by atoms with Crippen LogP contribution in [0.2, 0.25) is 5.02 Å². The van der Waals surface area contributed by atoms with Crippen molar-refractivity contribution in [3.63, 3.8) is 0 Å². The zero-order chi connectivity index (χ0) is 23.4. The SMILES string of the molecule is COc1ccc(Cl)cc1C(=O)N1CCC(C(=O)N(Cc2ccco2)c2ccc(C)cc2)CC1. The van der Waals surface area contributed by atoms with Crippen LogP contribution in [-0.4, -0.2) is 36.9 Å². The summed E-state index contributed by atoms with van der Waals surface area (Å²) in [5.74, 6) is 0.955. The summed E-state index contributed by atoms with van der Waals surface area (Å²) in [6.45, 7) is 3.37. The van der Waals surface area contributed by atoms with Gasteiger partial charge in [-0.2, -0.15) is 0 Å². The quantitative estimate of drug-likeness (QED) is 0.492. The Hall–Kier alpha value is -3.25. The Labute approximate surface area is 198 Å². The Morgan fingerprint density at radius 2 is 1.85 bits per heavy atom. The van der Waals surface area contributed by atoms with Gasteiger partial charge in [0.2, 0.25) is 5.91 Å². The molecule has 7 heteroatoms.